The predicted octanol–water partition coefficient (Wildman–Crippen LogP) is 3.94. The first-order valence-corrected chi connectivity index (χ1v) is 7.12. The number of halogens is 1. The fourth-order valence-corrected chi connectivity index (χ4v) is 2.42. The summed E-state index contributed by atoms with van der Waals surface area (Å²) < 4.78 is 5.11. The van der Waals surface area contributed by atoms with Crippen LogP contribution in [-0.2, 0) is 4.74 Å². The predicted molar refractivity (Wildman–Crippen MR) is 86.2 cm³/mol. The van der Waals surface area contributed by atoms with Crippen molar-refractivity contribution in [3.63, 3.8) is 0 Å². The summed E-state index contributed by atoms with van der Waals surface area (Å²) in [7, 11) is 1.62. The third kappa shape index (κ3) is 4.06. The summed E-state index contributed by atoms with van der Waals surface area (Å²) in [6.45, 7) is 2.89. The van der Waals surface area contributed by atoms with Crippen molar-refractivity contribution in [3.05, 3.63) is 64.7 Å². The lowest BCUT2D eigenvalue weighted by Gasteiger charge is -2.23. The van der Waals surface area contributed by atoms with E-state index in [0.29, 0.717) is 23.7 Å². The van der Waals surface area contributed by atoms with Crippen LogP contribution in [0.2, 0.25) is 5.02 Å². The molecule has 2 aromatic rings. The molecule has 110 valence electrons. The lowest BCUT2D eigenvalue weighted by Crippen LogP contribution is -2.34. The Morgan fingerprint density at radius 1 is 1.19 bits per heavy atom. The zero-order valence-corrected chi connectivity index (χ0v) is 12.9. The monoisotopic (exact) mass is 303 g/mol. The molecule has 0 aliphatic carbocycles. The standard InChI is InChI=1S/C17H18ClNO2/c1-13-10-15(18)12-16(11-13)19(8-9-21-2)17(20)14-6-4-3-5-7-14/h3-7,10-12H,8-9H2,1-2H3. The van der Waals surface area contributed by atoms with Crippen molar-refractivity contribution in [3.8, 4) is 0 Å². The van der Waals surface area contributed by atoms with Gasteiger partial charge >= 0.3 is 0 Å². The van der Waals surface area contributed by atoms with Gasteiger partial charge in [0, 0.05) is 29.9 Å². The molecular formula is C17H18ClNO2. The van der Waals surface area contributed by atoms with E-state index < -0.39 is 0 Å². The van der Waals surface area contributed by atoms with E-state index >= 15 is 0 Å². The number of carbonyl (C=O) groups is 1. The van der Waals surface area contributed by atoms with Gasteiger partial charge in [0.1, 0.15) is 0 Å². The molecule has 0 aliphatic heterocycles. The second-order valence-corrected chi connectivity index (χ2v) is 5.24. The van der Waals surface area contributed by atoms with Gasteiger partial charge in [0.05, 0.1) is 6.61 Å². The van der Waals surface area contributed by atoms with Crippen LogP contribution >= 0.6 is 11.6 Å². The summed E-state index contributed by atoms with van der Waals surface area (Å²) in [5, 5.41) is 0.619. The zero-order chi connectivity index (χ0) is 15.2. The first-order valence-electron chi connectivity index (χ1n) is 6.75. The quantitative estimate of drug-likeness (QED) is 0.837. The molecule has 0 saturated heterocycles. The Bertz CT molecular complexity index is 593. The second-order valence-electron chi connectivity index (χ2n) is 4.80. The molecule has 1 amide bonds. The topological polar surface area (TPSA) is 29.5 Å². The third-order valence-electron chi connectivity index (χ3n) is 3.12. The number of methoxy groups -OCH3 is 1. The number of hydrogen-bond acceptors (Lipinski definition) is 2. The van der Waals surface area contributed by atoms with Crippen LogP contribution in [0.1, 0.15) is 15.9 Å². The van der Waals surface area contributed by atoms with Gasteiger partial charge in [-0.15, -0.1) is 0 Å². The maximum absolute atomic E-state index is 12.7. The van der Waals surface area contributed by atoms with Gasteiger partial charge in [0.15, 0.2) is 0 Å². The van der Waals surface area contributed by atoms with Gasteiger partial charge in [-0.1, -0.05) is 29.8 Å². The first-order chi connectivity index (χ1) is 10.1. The third-order valence-corrected chi connectivity index (χ3v) is 3.34. The summed E-state index contributed by atoms with van der Waals surface area (Å²) in [6, 6.07) is 14.8. The molecule has 0 aliphatic rings. The smallest absolute Gasteiger partial charge is 0.258 e. The van der Waals surface area contributed by atoms with Crippen LogP contribution in [-0.4, -0.2) is 26.2 Å². The van der Waals surface area contributed by atoms with E-state index in [2.05, 4.69) is 0 Å². The van der Waals surface area contributed by atoms with Crippen molar-refractivity contribution in [2.24, 2.45) is 0 Å². The summed E-state index contributed by atoms with van der Waals surface area (Å²) in [5.74, 6) is -0.0608. The minimum atomic E-state index is -0.0608. The number of anilines is 1. The van der Waals surface area contributed by atoms with Crippen molar-refractivity contribution in [1.29, 1.82) is 0 Å². The Kier molecular flexibility index (Phi) is 5.37. The highest BCUT2D eigenvalue weighted by Gasteiger charge is 2.18. The molecule has 2 rings (SSSR count). The normalized spacial score (nSPS) is 10.4. The van der Waals surface area contributed by atoms with Crippen molar-refractivity contribution >= 4 is 23.2 Å². The van der Waals surface area contributed by atoms with Crippen LogP contribution < -0.4 is 4.90 Å². The molecule has 21 heavy (non-hydrogen) atoms. The Morgan fingerprint density at radius 3 is 2.52 bits per heavy atom. The number of ether oxygens (including phenoxy) is 1. The first kappa shape index (κ1) is 15.5. The van der Waals surface area contributed by atoms with E-state index in [0.717, 1.165) is 11.3 Å². The van der Waals surface area contributed by atoms with Crippen LogP contribution in [0.25, 0.3) is 0 Å². The van der Waals surface area contributed by atoms with Crippen molar-refractivity contribution in [2.75, 3.05) is 25.2 Å². The molecule has 0 saturated carbocycles. The highest BCUT2D eigenvalue weighted by molar-refractivity contribution is 6.31. The summed E-state index contributed by atoms with van der Waals surface area (Å²) >= 11 is 6.11. The molecule has 0 heterocycles. The van der Waals surface area contributed by atoms with E-state index in [1.54, 1.807) is 30.2 Å². The number of rotatable bonds is 5. The maximum Gasteiger partial charge on any atom is 0.258 e. The summed E-state index contributed by atoms with van der Waals surface area (Å²) in [4.78, 5) is 14.4. The molecule has 0 fully saturated rings. The molecule has 2 aromatic carbocycles. The van der Waals surface area contributed by atoms with Gasteiger partial charge < -0.3 is 9.64 Å². The van der Waals surface area contributed by atoms with E-state index in [-0.39, 0.29) is 5.91 Å². The highest BCUT2D eigenvalue weighted by atomic mass is 35.5. The van der Waals surface area contributed by atoms with Gasteiger partial charge in [0.2, 0.25) is 0 Å². The molecular weight excluding hydrogens is 286 g/mol. The Labute approximate surface area is 130 Å². The Morgan fingerprint density at radius 2 is 1.90 bits per heavy atom. The van der Waals surface area contributed by atoms with Crippen molar-refractivity contribution in [2.45, 2.75) is 6.92 Å². The zero-order valence-electron chi connectivity index (χ0n) is 12.2. The van der Waals surface area contributed by atoms with Crippen LogP contribution in [0, 0.1) is 6.92 Å². The van der Waals surface area contributed by atoms with Gasteiger partial charge in [-0.3, -0.25) is 4.79 Å². The Hall–Kier alpha value is -1.84. The van der Waals surface area contributed by atoms with Crippen LogP contribution in [0.5, 0.6) is 0 Å². The van der Waals surface area contributed by atoms with Crippen molar-refractivity contribution < 1.29 is 9.53 Å². The largest absolute Gasteiger partial charge is 0.383 e. The second kappa shape index (κ2) is 7.25. The molecule has 3 nitrogen and oxygen atoms in total. The van der Waals surface area contributed by atoms with Crippen LogP contribution in [0.15, 0.2) is 48.5 Å². The lowest BCUT2D eigenvalue weighted by atomic mass is 10.1. The summed E-state index contributed by atoms with van der Waals surface area (Å²) in [6.07, 6.45) is 0. The number of aryl methyl sites for hydroxylation is 1. The maximum atomic E-state index is 12.7. The van der Waals surface area contributed by atoms with E-state index in [1.807, 2.05) is 37.3 Å². The van der Waals surface area contributed by atoms with Gasteiger partial charge in [-0.2, -0.15) is 0 Å². The molecule has 0 aromatic heterocycles. The fraction of sp³-hybridized carbons (Fsp3) is 0.235. The molecule has 0 radical (unpaired) electrons. The molecule has 0 N–H and O–H groups in total. The molecule has 0 bridgehead atoms. The number of carbonyl (C=O) groups excluding carboxylic acids is 1. The lowest BCUT2D eigenvalue weighted by molar-refractivity contribution is 0.0976. The van der Waals surface area contributed by atoms with Gasteiger partial charge in [-0.25, -0.2) is 0 Å². The molecule has 0 spiro atoms. The number of benzene rings is 2. The van der Waals surface area contributed by atoms with Crippen molar-refractivity contribution in [1.82, 2.24) is 0 Å². The molecule has 0 atom stereocenters. The minimum Gasteiger partial charge on any atom is -0.383 e. The van der Waals surface area contributed by atoms with Crippen LogP contribution in [0.4, 0.5) is 5.69 Å². The minimum absolute atomic E-state index is 0.0608. The van der Waals surface area contributed by atoms with Crippen LogP contribution in [0.3, 0.4) is 0 Å². The average Bonchev–Trinajstić information content (AvgIpc) is 2.47. The van der Waals surface area contributed by atoms with Gasteiger partial charge in [0.25, 0.3) is 5.91 Å². The van der Waals surface area contributed by atoms with Gasteiger partial charge in [-0.05, 0) is 42.8 Å². The molecule has 4 heteroatoms. The number of amides is 1. The van der Waals surface area contributed by atoms with E-state index in [4.69, 9.17) is 16.3 Å². The average molecular weight is 304 g/mol. The van der Waals surface area contributed by atoms with E-state index in [1.165, 1.54) is 0 Å². The van der Waals surface area contributed by atoms with E-state index in [9.17, 15) is 4.79 Å². The summed E-state index contributed by atoms with van der Waals surface area (Å²) in [5.41, 5.74) is 2.44. The Balaban J connectivity index is 2.36. The highest BCUT2D eigenvalue weighted by Crippen LogP contribution is 2.23. The SMILES string of the molecule is COCCN(C(=O)c1ccccc1)c1cc(C)cc(Cl)c1. The fourth-order valence-electron chi connectivity index (χ4n) is 2.14. The number of hydrogen-bond donors (Lipinski definition) is 0. The molecule has 0 unspecified atom stereocenters. The number of nitrogens with zero attached hydrogens (tertiary/aromatic N) is 1.